The smallest absolute Gasteiger partial charge is 0.336 e. The van der Waals surface area contributed by atoms with Crippen LogP contribution in [0.4, 0.5) is 5.82 Å². The molecule has 0 bridgehead atoms. The van der Waals surface area contributed by atoms with Crippen LogP contribution < -0.4 is 38.5 Å². The second-order valence-corrected chi connectivity index (χ2v) is 10.2. The van der Waals surface area contributed by atoms with E-state index in [0.717, 1.165) is 34.7 Å². The summed E-state index contributed by atoms with van der Waals surface area (Å²) in [6.07, 6.45) is 1.10. The van der Waals surface area contributed by atoms with E-state index < -0.39 is 72.8 Å². The third-order valence-corrected chi connectivity index (χ3v) is 7.36. The largest absolute Gasteiger partial charge is 0.418 e. The lowest BCUT2D eigenvalue weighted by molar-refractivity contribution is 0.0207. The fraction of sp³-hybridized carbons (Fsp3) is 0.300. The van der Waals surface area contributed by atoms with Crippen molar-refractivity contribution in [3.05, 3.63) is 111 Å². The predicted octanol–water partition coefficient (Wildman–Crippen LogP) is 0.665. The van der Waals surface area contributed by atoms with Crippen molar-refractivity contribution in [2.24, 2.45) is 0 Å². The maximum absolute atomic E-state index is 13.9. The number of pyridine rings is 1. The van der Waals surface area contributed by atoms with E-state index in [1.165, 1.54) is 0 Å². The molecule has 1 aliphatic rings. The van der Waals surface area contributed by atoms with Gasteiger partial charge in [0.05, 0.1) is 12.6 Å². The minimum absolute atomic E-state index is 0.217. The zero-order valence-electron chi connectivity index (χ0n) is 23.9. The van der Waals surface area contributed by atoms with Crippen molar-refractivity contribution in [2.75, 3.05) is 44.2 Å². The monoisotopic (exact) mass is 618 g/mol. The Morgan fingerprint density at radius 1 is 0.689 bits per heavy atom. The van der Waals surface area contributed by atoms with Gasteiger partial charge in [0.25, 0.3) is 11.1 Å². The minimum atomic E-state index is -1.08. The first-order valence-electron chi connectivity index (χ1n) is 14.1. The van der Waals surface area contributed by atoms with Gasteiger partial charge >= 0.3 is 22.5 Å². The zero-order valence-corrected chi connectivity index (χ0v) is 23.9. The van der Waals surface area contributed by atoms with Crippen LogP contribution in [-0.4, -0.2) is 59.9 Å². The second-order valence-electron chi connectivity index (χ2n) is 10.2. The Labute approximate surface area is 250 Å². The number of hydrogen-bond acceptors (Lipinski definition) is 14. The molecule has 1 aromatic carbocycles. The molecule has 45 heavy (non-hydrogen) atoms. The zero-order chi connectivity index (χ0) is 31.7. The number of anilines is 1. The fourth-order valence-corrected chi connectivity index (χ4v) is 5.38. The molecule has 1 saturated heterocycles. The van der Waals surface area contributed by atoms with Gasteiger partial charge in [-0.15, -0.1) is 0 Å². The Morgan fingerprint density at radius 2 is 1.20 bits per heavy atom. The van der Waals surface area contributed by atoms with Crippen LogP contribution in [0.1, 0.15) is 6.92 Å². The van der Waals surface area contributed by atoms with Crippen LogP contribution >= 0.6 is 0 Å². The predicted molar refractivity (Wildman–Crippen MR) is 161 cm³/mol. The van der Waals surface area contributed by atoms with Crippen LogP contribution in [0.15, 0.2) is 95.1 Å². The average molecular weight is 619 g/mol. The normalized spacial score (nSPS) is 14.6. The average Bonchev–Trinajstić information content (AvgIpc) is 3.26. The maximum Gasteiger partial charge on any atom is 0.336 e. The van der Waals surface area contributed by atoms with Gasteiger partial charge in [-0.25, -0.2) is 24.2 Å². The first-order valence-corrected chi connectivity index (χ1v) is 14.1. The number of rotatable bonds is 7. The Balaban J connectivity index is 1.48. The topological polar surface area (TPSA) is 189 Å². The molecule has 0 spiro atoms. The third-order valence-electron chi connectivity index (χ3n) is 7.36. The molecule has 0 saturated carbocycles. The van der Waals surface area contributed by atoms with Crippen molar-refractivity contribution in [1.29, 1.82) is 0 Å². The van der Waals surface area contributed by atoms with Crippen LogP contribution in [0.2, 0.25) is 0 Å². The summed E-state index contributed by atoms with van der Waals surface area (Å²) in [6, 6.07) is 8.75. The SMILES string of the molecule is CCOC(CN1CCN(c2ccccn2)CC1)Cn1c(=O)c2c3oc(=O)ccc(=O)oc3c3oc(=O)ccc(=O)oc3c2c1=O. The van der Waals surface area contributed by atoms with E-state index in [0.29, 0.717) is 32.7 Å². The Morgan fingerprint density at radius 3 is 1.67 bits per heavy atom. The van der Waals surface area contributed by atoms with Gasteiger partial charge in [0.1, 0.15) is 16.6 Å². The van der Waals surface area contributed by atoms with Gasteiger partial charge in [0.2, 0.25) is 11.2 Å². The quantitative estimate of drug-likeness (QED) is 0.247. The molecule has 1 atom stereocenters. The first kappa shape index (κ1) is 29.7. The Bertz CT molecular complexity index is 2170. The summed E-state index contributed by atoms with van der Waals surface area (Å²) in [5.74, 6) is 0.873. The van der Waals surface area contributed by atoms with Gasteiger partial charge in [-0.3, -0.25) is 19.1 Å². The number of ether oxygens (including phenoxy) is 1. The third kappa shape index (κ3) is 5.90. The first-order chi connectivity index (χ1) is 21.7. The van der Waals surface area contributed by atoms with Gasteiger partial charge in [0, 0.05) is 69.8 Å². The molecule has 0 radical (unpaired) electrons. The van der Waals surface area contributed by atoms with Gasteiger partial charge in [-0.1, -0.05) is 6.07 Å². The van der Waals surface area contributed by atoms with E-state index >= 15 is 0 Å². The molecule has 4 aromatic heterocycles. The molecule has 0 aliphatic carbocycles. The highest BCUT2D eigenvalue weighted by Crippen LogP contribution is 2.29. The molecule has 5 aromatic rings. The number of nitrogens with zero attached hydrogens (tertiary/aromatic N) is 4. The molecule has 1 unspecified atom stereocenters. The summed E-state index contributed by atoms with van der Waals surface area (Å²) in [5, 5.41) is -1.00. The second kappa shape index (κ2) is 12.3. The van der Waals surface area contributed by atoms with E-state index in [9.17, 15) is 28.8 Å². The molecule has 6 rings (SSSR count). The Hall–Kier alpha value is -5.41. The van der Waals surface area contributed by atoms with Crippen LogP contribution in [-0.2, 0) is 11.3 Å². The van der Waals surface area contributed by atoms with E-state index in [2.05, 4.69) is 14.8 Å². The van der Waals surface area contributed by atoms with Crippen molar-refractivity contribution in [2.45, 2.75) is 19.6 Å². The molecule has 1 fully saturated rings. The van der Waals surface area contributed by atoms with Crippen molar-refractivity contribution in [1.82, 2.24) is 14.5 Å². The summed E-state index contributed by atoms with van der Waals surface area (Å²) < 4.78 is 27.9. The highest BCUT2D eigenvalue weighted by Gasteiger charge is 2.28. The summed E-state index contributed by atoms with van der Waals surface area (Å²) in [7, 11) is 0. The number of benzene rings is 1. The maximum atomic E-state index is 13.9. The molecule has 0 amide bonds. The summed E-state index contributed by atoms with van der Waals surface area (Å²) in [6.45, 7) is 4.99. The van der Waals surface area contributed by atoms with E-state index in [4.69, 9.17) is 22.4 Å². The number of aromatic nitrogens is 2. The van der Waals surface area contributed by atoms with Gasteiger partial charge < -0.3 is 27.3 Å². The lowest BCUT2D eigenvalue weighted by Gasteiger charge is -2.36. The molecular weight excluding hydrogens is 592 g/mol. The standard InChI is InChI=1S/C30H26N4O11/c1-2-41-17(15-32-11-13-33(14-12-32)18-5-3-4-10-31-18)16-34-29(39)23-24(30(34)40)26-28(45-22(38)9-7-20(36)43-26)27-25(23)42-19(35)6-8-21(37)44-27/h3-10,17H,2,11-16H2,1H3. The molecule has 232 valence electrons. The lowest BCUT2D eigenvalue weighted by Crippen LogP contribution is -2.50. The van der Waals surface area contributed by atoms with Gasteiger partial charge in [0.15, 0.2) is 11.2 Å². The van der Waals surface area contributed by atoms with E-state index in [-0.39, 0.29) is 13.2 Å². The highest BCUT2D eigenvalue weighted by molar-refractivity contribution is 6.17. The molecule has 1 aliphatic heterocycles. The van der Waals surface area contributed by atoms with E-state index in [1.807, 2.05) is 18.2 Å². The number of fused-ring (bicyclic) bond motifs is 6. The molecule has 0 N–H and O–H groups in total. The van der Waals surface area contributed by atoms with Crippen molar-refractivity contribution >= 4 is 38.9 Å². The van der Waals surface area contributed by atoms with Gasteiger partial charge in [-0.05, 0) is 19.1 Å². The minimum Gasteiger partial charge on any atom is -0.418 e. The highest BCUT2D eigenvalue weighted by atomic mass is 16.5. The molecule has 5 heterocycles. The summed E-state index contributed by atoms with van der Waals surface area (Å²) >= 11 is 0. The molecule has 15 heteroatoms. The van der Waals surface area contributed by atoms with Crippen LogP contribution in [0.25, 0.3) is 33.1 Å². The van der Waals surface area contributed by atoms with Gasteiger partial charge in [-0.2, -0.15) is 0 Å². The fourth-order valence-electron chi connectivity index (χ4n) is 5.38. The van der Waals surface area contributed by atoms with Crippen LogP contribution in [0.5, 0.6) is 0 Å². The lowest BCUT2D eigenvalue weighted by atomic mass is 10.2. The van der Waals surface area contributed by atoms with E-state index in [1.54, 1.807) is 13.1 Å². The summed E-state index contributed by atoms with van der Waals surface area (Å²) in [5.41, 5.74) is -8.79. The van der Waals surface area contributed by atoms with Crippen LogP contribution in [0, 0.1) is 0 Å². The van der Waals surface area contributed by atoms with Crippen molar-refractivity contribution in [3.8, 4) is 0 Å². The number of piperazine rings is 1. The van der Waals surface area contributed by atoms with Crippen molar-refractivity contribution < 1.29 is 22.4 Å². The van der Waals surface area contributed by atoms with Crippen molar-refractivity contribution in [3.63, 3.8) is 0 Å². The molecule has 15 nitrogen and oxygen atoms in total. The van der Waals surface area contributed by atoms with Crippen LogP contribution in [0.3, 0.4) is 0 Å². The Kier molecular flexibility index (Phi) is 8.10. The number of hydrogen-bond donors (Lipinski definition) is 0. The molecular formula is C30H26N4O11. The summed E-state index contributed by atoms with van der Waals surface area (Å²) in [4.78, 5) is 86.2.